The molecule has 1 aromatic carbocycles. The number of carboxylic acid groups (broad SMARTS) is 1. The fourth-order valence-corrected chi connectivity index (χ4v) is 2.13. The number of aryl methyl sites for hydroxylation is 1. The molecule has 0 fully saturated rings. The maximum absolute atomic E-state index is 11.2. The Morgan fingerprint density at radius 2 is 1.95 bits per heavy atom. The molecule has 100 valence electrons. The smallest absolute Gasteiger partial charge is 0.339 e. The van der Waals surface area contributed by atoms with Crippen LogP contribution in [0.15, 0.2) is 30.5 Å². The van der Waals surface area contributed by atoms with Gasteiger partial charge in [0.05, 0.1) is 17.6 Å². The number of hydrogen-bond donors (Lipinski definition) is 1. The minimum atomic E-state index is -0.917. The zero-order chi connectivity index (χ0) is 13.8. The van der Waals surface area contributed by atoms with Gasteiger partial charge < -0.3 is 5.11 Å². The van der Waals surface area contributed by atoms with Gasteiger partial charge in [-0.15, -0.1) is 0 Å². The summed E-state index contributed by atoms with van der Waals surface area (Å²) >= 11 is 0. The fourth-order valence-electron chi connectivity index (χ4n) is 2.13. The predicted molar refractivity (Wildman–Crippen MR) is 73.9 cm³/mol. The summed E-state index contributed by atoms with van der Waals surface area (Å²) in [6.45, 7) is 4.14. The second kappa shape index (κ2) is 5.69. The van der Waals surface area contributed by atoms with E-state index in [4.69, 9.17) is 0 Å². The van der Waals surface area contributed by atoms with Crippen LogP contribution in [0.1, 0.15) is 41.9 Å². The number of benzene rings is 1. The maximum atomic E-state index is 11.2. The third kappa shape index (κ3) is 2.67. The van der Waals surface area contributed by atoms with Crippen molar-refractivity contribution >= 4 is 5.97 Å². The molecule has 2 aromatic rings. The highest BCUT2D eigenvalue weighted by molar-refractivity contribution is 5.88. The highest BCUT2D eigenvalue weighted by Gasteiger charge is 2.16. The molecule has 0 unspecified atom stereocenters. The molecule has 19 heavy (non-hydrogen) atoms. The van der Waals surface area contributed by atoms with Crippen LogP contribution in [0.2, 0.25) is 0 Å². The summed E-state index contributed by atoms with van der Waals surface area (Å²) in [4.78, 5) is 11.2. The molecule has 1 N–H and O–H groups in total. The Balaban J connectivity index is 2.45. The Bertz CT molecular complexity index is 570. The number of carboxylic acids is 1. The van der Waals surface area contributed by atoms with Crippen molar-refractivity contribution in [2.75, 3.05) is 0 Å². The lowest BCUT2D eigenvalue weighted by Crippen LogP contribution is -2.06. The molecule has 0 saturated heterocycles. The molecule has 0 spiro atoms. The second-order valence-electron chi connectivity index (χ2n) is 4.49. The van der Waals surface area contributed by atoms with Crippen molar-refractivity contribution in [2.24, 2.45) is 0 Å². The summed E-state index contributed by atoms with van der Waals surface area (Å²) in [6.07, 6.45) is 4.01. The Morgan fingerprint density at radius 3 is 2.47 bits per heavy atom. The normalized spacial score (nSPS) is 10.6. The number of hydrogen-bond acceptors (Lipinski definition) is 2. The molecular formula is C15H18N2O2. The largest absolute Gasteiger partial charge is 0.478 e. The van der Waals surface area contributed by atoms with E-state index < -0.39 is 5.97 Å². The van der Waals surface area contributed by atoms with Gasteiger partial charge in [0.15, 0.2) is 0 Å². The number of aromatic carboxylic acids is 1. The van der Waals surface area contributed by atoms with Crippen molar-refractivity contribution in [1.29, 1.82) is 0 Å². The monoisotopic (exact) mass is 258 g/mol. The van der Waals surface area contributed by atoms with Crippen LogP contribution < -0.4 is 0 Å². The molecular weight excluding hydrogens is 240 g/mol. The first kappa shape index (κ1) is 13.3. The lowest BCUT2D eigenvalue weighted by atomic mass is 10.1. The molecule has 4 nitrogen and oxygen atoms in total. The molecule has 4 heteroatoms. The first-order chi connectivity index (χ1) is 9.17. The van der Waals surface area contributed by atoms with E-state index in [1.807, 2.05) is 31.2 Å². The van der Waals surface area contributed by atoms with Crippen LogP contribution in [0.5, 0.6) is 0 Å². The number of nitrogens with zero attached hydrogens (tertiary/aromatic N) is 2. The van der Waals surface area contributed by atoms with Crippen molar-refractivity contribution in [3.8, 4) is 5.69 Å². The van der Waals surface area contributed by atoms with E-state index >= 15 is 0 Å². The molecule has 0 aliphatic rings. The summed E-state index contributed by atoms with van der Waals surface area (Å²) in [5.41, 5.74) is 3.22. The first-order valence-electron chi connectivity index (χ1n) is 6.56. The molecule has 1 heterocycles. The standard InChI is InChI=1S/C15H18N2O2/c1-3-5-14-13(15(18)19)10-16-17(14)12-8-6-11(4-2)7-9-12/h6-10H,3-5H2,1-2H3,(H,18,19). The topological polar surface area (TPSA) is 55.1 Å². The lowest BCUT2D eigenvalue weighted by molar-refractivity contribution is 0.0695. The SMILES string of the molecule is CCCc1c(C(=O)O)cnn1-c1ccc(CC)cc1. The number of carbonyl (C=O) groups is 1. The molecule has 0 aliphatic carbocycles. The Morgan fingerprint density at radius 1 is 1.26 bits per heavy atom. The number of aromatic nitrogens is 2. The van der Waals surface area contributed by atoms with Gasteiger partial charge in [0.2, 0.25) is 0 Å². The van der Waals surface area contributed by atoms with Crippen LogP contribution >= 0.6 is 0 Å². The third-order valence-corrected chi connectivity index (χ3v) is 3.18. The van der Waals surface area contributed by atoms with E-state index in [-0.39, 0.29) is 0 Å². The quantitative estimate of drug-likeness (QED) is 0.896. The van der Waals surface area contributed by atoms with E-state index in [0.717, 1.165) is 24.2 Å². The highest BCUT2D eigenvalue weighted by Crippen LogP contribution is 2.17. The van der Waals surface area contributed by atoms with Crippen molar-refractivity contribution in [3.05, 3.63) is 47.3 Å². The number of rotatable bonds is 5. The first-order valence-corrected chi connectivity index (χ1v) is 6.56. The van der Waals surface area contributed by atoms with Gasteiger partial charge in [-0.2, -0.15) is 5.10 Å². The van der Waals surface area contributed by atoms with Crippen LogP contribution in [0.3, 0.4) is 0 Å². The average Bonchev–Trinajstić information content (AvgIpc) is 2.83. The van der Waals surface area contributed by atoms with Crippen molar-refractivity contribution < 1.29 is 9.90 Å². The highest BCUT2D eigenvalue weighted by atomic mass is 16.4. The molecule has 0 bridgehead atoms. The van der Waals surface area contributed by atoms with Gasteiger partial charge in [-0.05, 0) is 30.5 Å². The lowest BCUT2D eigenvalue weighted by Gasteiger charge is -2.08. The summed E-state index contributed by atoms with van der Waals surface area (Å²) in [5, 5.41) is 13.4. The van der Waals surface area contributed by atoms with Gasteiger partial charge in [-0.1, -0.05) is 32.4 Å². The van der Waals surface area contributed by atoms with Crippen LogP contribution in [-0.4, -0.2) is 20.9 Å². The molecule has 2 rings (SSSR count). The minimum Gasteiger partial charge on any atom is -0.478 e. The summed E-state index contributed by atoms with van der Waals surface area (Å²) < 4.78 is 1.73. The van der Waals surface area contributed by atoms with Crippen LogP contribution in [-0.2, 0) is 12.8 Å². The molecule has 0 saturated carbocycles. The van der Waals surface area contributed by atoms with Gasteiger partial charge in [0.25, 0.3) is 0 Å². The Labute approximate surface area is 112 Å². The molecule has 0 radical (unpaired) electrons. The summed E-state index contributed by atoms with van der Waals surface area (Å²) in [5.74, 6) is -0.917. The van der Waals surface area contributed by atoms with Gasteiger partial charge >= 0.3 is 5.97 Å². The molecule has 0 aliphatic heterocycles. The minimum absolute atomic E-state index is 0.293. The van der Waals surface area contributed by atoms with Gasteiger partial charge in [-0.25, -0.2) is 9.48 Å². The van der Waals surface area contributed by atoms with Crippen molar-refractivity contribution in [3.63, 3.8) is 0 Å². The molecule has 0 atom stereocenters. The zero-order valence-electron chi connectivity index (χ0n) is 11.3. The Kier molecular flexibility index (Phi) is 4.00. The van der Waals surface area contributed by atoms with E-state index in [9.17, 15) is 9.90 Å². The average molecular weight is 258 g/mol. The van der Waals surface area contributed by atoms with E-state index in [1.165, 1.54) is 11.8 Å². The molecule has 0 amide bonds. The van der Waals surface area contributed by atoms with Gasteiger partial charge in [0.1, 0.15) is 5.56 Å². The van der Waals surface area contributed by atoms with Gasteiger partial charge in [0, 0.05) is 0 Å². The zero-order valence-corrected chi connectivity index (χ0v) is 11.3. The van der Waals surface area contributed by atoms with Crippen molar-refractivity contribution in [1.82, 2.24) is 9.78 Å². The summed E-state index contributed by atoms with van der Waals surface area (Å²) in [6, 6.07) is 8.06. The van der Waals surface area contributed by atoms with Crippen LogP contribution in [0, 0.1) is 0 Å². The van der Waals surface area contributed by atoms with Crippen LogP contribution in [0.25, 0.3) is 5.69 Å². The van der Waals surface area contributed by atoms with Gasteiger partial charge in [-0.3, -0.25) is 0 Å². The second-order valence-corrected chi connectivity index (χ2v) is 4.49. The summed E-state index contributed by atoms with van der Waals surface area (Å²) in [7, 11) is 0. The third-order valence-electron chi connectivity index (χ3n) is 3.18. The fraction of sp³-hybridized carbons (Fsp3) is 0.333. The van der Waals surface area contributed by atoms with E-state index in [0.29, 0.717) is 12.0 Å². The molecule has 1 aromatic heterocycles. The Hall–Kier alpha value is -2.10. The predicted octanol–water partition coefficient (Wildman–Crippen LogP) is 3.09. The van der Waals surface area contributed by atoms with Crippen LogP contribution in [0.4, 0.5) is 0 Å². The van der Waals surface area contributed by atoms with E-state index in [1.54, 1.807) is 4.68 Å². The van der Waals surface area contributed by atoms with E-state index in [2.05, 4.69) is 12.0 Å². The maximum Gasteiger partial charge on any atom is 0.339 e. The van der Waals surface area contributed by atoms with Crippen molar-refractivity contribution in [2.45, 2.75) is 33.1 Å².